The zero-order chi connectivity index (χ0) is 24.5. The molecule has 0 N–H and O–H groups in total. The highest BCUT2D eigenvalue weighted by molar-refractivity contribution is 6.52. The van der Waals surface area contributed by atoms with Crippen molar-refractivity contribution in [3.63, 3.8) is 0 Å². The lowest BCUT2D eigenvalue weighted by atomic mass is 9.79. The van der Waals surface area contributed by atoms with E-state index in [4.69, 9.17) is 39.6 Å². The first-order valence-corrected chi connectivity index (χ1v) is 12.5. The summed E-state index contributed by atoms with van der Waals surface area (Å²) in [5, 5.41) is 2.21. The lowest BCUT2D eigenvalue weighted by Gasteiger charge is -2.35. The van der Waals surface area contributed by atoms with Crippen LogP contribution in [0, 0.1) is 12.8 Å². The smallest absolute Gasteiger partial charge is 0.266 e. The number of benzene rings is 3. The average molecular weight is 528 g/mol. The van der Waals surface area contributed by atoms with Gasteiger partial charge in [0.05, 0.1) is 22.8 Å². The standard InChI is InChI=1S/C27H21Cl3N2O3/c1-16-7-11-19(12-8-16)31-24(33)21-22(25(31)34)35-32(20-13-9-18(28)10-14-20)23(21)26(15-27(26,29)30)17-5-3-2-4-6-17/h2-14,21-23H,15H2,1H3. The monoisotopic (exact) mass is 526 g/mol. The fourth-order valence-electron chi connectivity index (χ4n) is 5.52. The number of anilines is 2. The molecule has 5 nitrogen and oxygen atoms in total. The number of alkyl halides is 2. The fraction of sp³-hybridized carbons (Fsp3) is 0.259. The molecule has 2 amide bonds. The van der Waals surface area contributed by atoms with Crippen LogP contribution in [0.15, 0.2) is 78.9 Å². The summed E-state index contributed by atoms with van der Waals surface area (Å²) >= 11 is 19.8. The molecule has 0 aromatic heterocycles. The zero-order valence-corrected chi connectivity index (χ0v) is 21.0. The van der Waals surface area contributed by atoms with E-state index in [1.807, 2.05) is 49.4 Å². The van der Waals surface area contributed by atoms with Crippen molar-refractivity contribution in [3.8, 4) is 0 Å². The van der Waals surface area contributed by atoms with E-state index in [1.54, 1.807) is 41.5 Å². The maximum atomic E-state index is 13.9. The van der Waals surface area contributed by atoms with Gasteiger partial charge in [0.1, 0.15) is 10.3 Å². The number of amides is 2. The Hall–Kier alpha value is -2.57. The number of rotatable bonds is 4. The second-order valence-corrected chi connectivity index (χ2v) is 11.3. The number of hydrogen-bond acceptors (Lipinski definition) is 4. The van der Waals surface area contributed by atoms with Crippen molar-refractivity contribution in [3.05, 3.63) is 95.0 Å². The molecular weight excluding hydrogens is 507 g/mol. The Morgan fingerprint density at radius 2 is 1.46 bits per heavy atom. The van der Waals surface area contributed by atoms with Gasteiger partial charge in [0.2, 0.25) is 5.91 Å². The van der Waals surface area contributed by atoms with Crippen LogP contribution in [0.5, 0.6) is 0 Å². The molecule has 2 aliphatic heterocycles. The van der Waals surface area contributed by atoms with Gasteiger partial charge in [-0.15, -0.1) is 23.2 Å². The molecule has 0 radical (unpaired) electrons. The molecule has 0 spiro atoms. The normalized spacial score (nSPS) is 29.0. The van der Waals surface area contributed by atoms with E-state index in [1.165, 1.54) is 4.90 Å². The predicted molar refractivity (Wildman–Crippen MR) is 137 cm³/mol. The third-order valence-corrected chi connectivity index (χ3v) is 8.50. The number of hydrogen-bond donors (Lipinski definition) is 0. The molecule has 6 rings (SSSR count). The van der Waals surface area contributed by atoms with Gasteiger partial charge in [0.25, 0.3) is 5.91 Å². The Morgan fingerprint density at radius 3 is 2.06 bits per heavy atom. The minimum atomic E-state index is -1.14. The van der Waals surface area contributed by atoms with E-state index in [-0.39, 0.29) is 5.91 Å². The SMILES string of the molecule is Cc1ccc(N2C(=O)C3ON(c4ccc(Cl)cc4)C(C4(c5ccccc5)CC4(Cl)Cl)C3C2=O)cc1. The first-order valence-electron chi connectivity index (χ1n) is 11.3. The predicted octanol–water partition coefficient (Wildman–Crippen LogP) is 5.84. The number of imide groups is 1. The van der Waals surface area contributed by atoms with Gasteiger partial charge in [-0.1, -0.05) is 59.6 Å². The van der Waals surface area contributed by atoms with Crippen LogP contribution in [0.25, 0.3) is 0 Å². The first-order chi connectivity index (χ1) is 16.7. The molecule has 8 heteroatoms. The van der Waals surface area contributed by atoms with E-state index in [2.05, 4.69) is 0 Å². The van der Waals surface area contributed by atoms with Gasteiger partial charge in [0.15, 0.2) is 6.10 Å². The van der Waals surface area contributed by atoms with Gasteiger partial charge < -0.3 is 0 Å². The summed E-state index contributed by atoms with van der Waals surface area (Å²) in [7, 11) is 0. The van der Waals surface area contributed by atoms with Crippen LogP contribution in [0.1, 0.15) is 17.5 Å². The maximum absolute atomic E-state index is 13.9. The summed E-state index contributed by atoms with van der Waals surface area (Å²) in [6.45, 7) is 1.95. The molecule has 3 aromatic carbocycles. The minimum Gasteiger partial charge on any atom is -0.273 e. The van der Waals surface area contributed by atoms with Gasteiger partial charge >= 0.3 is 0 Å². The number of halogens is 3. The van der Waals surface area contributed by atoms with E-state index in [9.17, 15) is 9.59 Å². The molecule has 2 heterocycles. The quantitative estimate of drug-likeness (QED) is 0.316. The molecule has 35 heavy (non-hydrogen) atoms. The summed E-state index contributed by atoms with van der Waals surface area (Å²) in [6, 6.07) is 23.4. The summed E-state index contributed by atoms with van der Waals surface area (Å²) in [6.07, 6.45) is -0.574. The number of fused-ring (bicyclic) bond motifs is 1. The van der Waals surface area contributed by atoms with E-state index < -0.39 is 33.7 Å². The largest absolute Gasteiger partial charge is 0.273 e. The van der Waals surface area contributed by atoms with Crippen LogP contribution in [-0.2, 0) is 19.8 Å². The molecule has 3 fully saturated rings. The Kier molecular flexibility index (Phi) is 5.21. The van der Waals surface area contributed by atoms with Crippen LogP contribution in [0.4, 0.5) is 11.4 Å². The lowest BCUT2D eigenvalue weighted by molar-refractivity contribution is -0.126. The van der Waals surface area contributed by atoms with Crippen molar-refractivity contribution < 1.29 is 14.4 Å². The zero-order valence-electron chi connectivity index (χ0n) is 18.7. The number of nitrogens with zero attached hydrogens (tertiary/aromatic N) is 2. The molecule has 3 aliphatic rings. The Morgan fingerprint density at radius 1 is 0.857 bits per heavy atom. The van der Waals surface area contributed by atoms with Crippen molar-refractivity contribution >= 4 is 58.0 Å². The van der Waals surface area contributed by atoms with E-state index >= 15 is 0 Å². The molecule has 2 saturated heterocycles. The third kappa shape index (κ3) is 3.33. The second kappa shape index (κ2) is 7.97. The van der Waals surface area contributed by atoms with Crippen LogP contribution in [0.2, 0.25) is 5.02 Å². The summed E-state index contributed by atoms with van der Waals surface area (Å²) in [5.41, 5.74) is 2.30. The fourth-order valence-corrected chi connectivity index (χ4v) is 6.51. The molecule has 4 atom stereocenters. The highest BCUT2D eigenvalue weighted by Crippen LogP contribution is 2.70. The summed E-state index contributed by atoms with van der Waals surface area (Å²) < 4.78 is -1.14. The van der Waals surface area contributed by atoms with E-state index in [0.29, 0.717) is 22.8 Å². The van der Waals surface area contributed by atoms with Gasteiger partial charge in [0, 0.05) is 5.02 Å². The van der Waals surface area contributed by atoms with E-state index in [0.717, 1.165) is 11.1 Å². The minimum absolute atomic E-state index is 0.323. The average Bonchev–Trinajstić information content (AvgIpc) is 3.12. The van der Waals surface area contributed by atoms with Crippen LogP contribution in [0.3, 0.4) is 0 Å². The number of hydroxylamine groups is 1. The lowest BCUT2D eigenvalue weighted by Crippen LogP contribution is -2.49. The number of aryl methyl sites for hydroxylation is 1. The van der Waals surface area contributed by atoms with Crippen LogP contribution in [-0.4, -0.2) is 28.3 Å². The second-order valence-electron chi connectivity index (χ2n) is 9.36. The Bertz CT molecular complexity index is 1310. The highest BCUT2D eigenvalue weighted by atomic mass is 35.5. The molecule has 178 valence electrons. The maximum Gasteiger partial charge on any atom is 0.266 e. The van der Waals surface area contributed by atoms with Gasteiger partial charge in [-0.25, -0.2) is 9.96 Å². The Labute approximate surface area is 218 Å². The molecule has 3 aromatic rings. The number of carbonyl (C=O) groups excluding carboxylic acids is 2. The van der Waals surface area contributed by atoms with Crippen LogP contribution < -0.4 is 9.96 Å². The van der Waals surface area contributed by atoms with Gasteiger partial charge in [-0.2, -0.15) is 0 Å². The van der Waals surface area contributed by atoms with Crippen molar-refractivity contribution in [1.29, 1.82) is 0 Å². The topological polar surface area (TPSA) is 49.9 Å². The first kappa shape index (κ1) is 22.9. The van der Waals surface area contributed by atoms with Crippen LogP contribution >= 0.6 is 34.8 Å². The van der Waals surface area contributed by atoms with Crippen molar-refractivity contribution in [2.24, 2.45) is 5.92 Å². The highest BCUT2D eigenvalue weighted by Gasteiger charge is 2.78. The summed E-state index contributed by atoms with van der Waals surface area (Å²) in [5.74, 6) is -1.51. The van der Waals surface area contributed by atoms with Crippen molar-refractivity contribution in [2.45, 2.75) is 35.2 Å². The molecule has 4 unspecified atom stereocenters. The molecule has 1 saturated carbocycles. The molecular formula is C27H21Cl3N2O3. The summed E-state index contributed by atoms with van der Waals surface area (Å²) in [4.78, 5) is 35.0. The van der Waals surface area contributed by atoms with Crippen molar-refractivity contribution in [1.82, 2.24) is 0 Å². The molecule has 0 bridgehead atoms. The number of carbonyl (C=O) groups is 2. The Balaban J connectivity index is 1.49. The third-order valence-electron chi connectivity index (χ3n) is 7.31. The van der Waals surface area contributed by atoms with Gasteiger partial charge in [-0.05, 0) is 55.3 Å². The molecule has 1 aliphatic carbocycles. The van der Waals surface area contributed by atoms with Gasteiger partial charge in [-0.3, -0.25) is 14.4 Å². The van der Waals surface area contributed by atoms with Crippen molar-refractivity contribution in [2.75, 3.05) is 9.96 Å².